The summed E-state index contributed by atoms with van der Waals surface area (Å²) in [6.07, 6.45) is 1.35. The number of nitrogens with one attached hydrogen (secondary N) is 2. The van der Waals surface area contributed by atoms with Crippen molar-refractivity contribution in [2.75, 3.05) is 5.32 Å². The first kappa shape index (κ1) is 30.9. The third-order valence-electron chi connectivity index (χ3n) is 6.65. The first-order valence-corrected chi connectivity index (χ1v) is 15.7. The molecule has 2 N–H and O–H groups in total. The molecule has 2 amide bonds. The van der Waals surface area contributed by atoms with Crippen LogP contribution < -0.4 is 15.5 Å². The van der Waals surface area contributed by atoms with Crippen LogP contribution in [0.5, 0.6) is 5.75 Å². The Kier molecular flexibility index (Phi) is 8.77. The van der Waals surface area contributed by atoms with E-state index in [1.54, 1.807) is 24.3 Å². The average molecular weight is 690 g/mol. The molecule has 0 radical (unpaired) electrons. The van der Waals surface area contributed by atoms with Gasteiger partial charge >= 0.3 is 5.97 Å². The van der Waals surface area contributed by atoms with Crippen molar-refractivity contribution in [3.63, 3.8) is 0 Å². The van der Waals surface area contributed by atoms with Crippen LogP contribution in [0.3, 0.4) is 0 Å². The van der Waals surface area contributed by atoms with E-state index in [0.717, 1.165) is 21.4 Å². The van der Waals surface area contributed by atoms with E-state index in [-0.39, 0.29) is 31.8 Å². The highest BCUT2D eigenvalue weighted by molar-refractivity contribution is 7.22. The molecule has 0 saturated carbocycles. The van der Waals surface area contributed by atoms with Crippen molar-refractivity contribution in [2.45, 2.75) is 0 Å². The number of nitrogens with zero attached hydrogens (tertiary/aromatic N) is 2. The number of rotatable bonds is 8. The summed E-state index contributed by atoms with van der Waals surface area (Å²) < 4.78 is 6.99. The standard InChI is InChI=1S/C32H18Cl2N4O6S2/c33-26-22-14-13-20(38(42)43)15-25(22)46-28(26)31(40)36-19-11-9-17(10-12-19)30(39)37-35-16-18-5-1-3-7-23(18)44-32(41)29-27(34)21-6-2-4-8-24(21)45-29/h1-16H,(H,36,40)(H,37,39)/b35-16-. The Morgan fingerprint density at radius 2 is 1.48 bits per heavy atom. The van der Waals surface area contributed by atoms with Crippen LogP contribution in [-0.4, -0.2) is 28.9 Å². The van der Waals surface area contributed by atoms with Gasteiger partial charge in [0.05, 0.1) is 21.2 Å². The van der Waals surface area contributed by atoms with Crippen molar-refractivity contribution >= 4 is 101 Å². The Morgan fingerprint density at radius 3 is 2.24 bits per heavy atom. The lowest BCUT2D eigenvalue weighted by Crippen LogP contribution is -2.18. The fourth-order valence-electron chi connectivity index (χ4n) is 4.40. The lowest BCUT2D eigenvalue weighted by Gasteiger charge is -2.07. The van der Waals surface area contributed by atoms with Gasteiger partial charge in [-0.3, -0.25) is 19.7 Å². The molecule has 14 heteroatoms. The van der Waals surface area contributed by atoms with Gasteiger partial charge < -0.3 is 10.1 Å². The van der Waals surface area contributed by atoms with Crippen LogP contribution >= 0.6 is 45.9 Å². The van der Waals surface area contributed by atoms with Gasteiger partial charge in [0.2, 0.25) is 0 Å². The van der Waals surface area contributed by atoms with Gasteiger partial charge in [-0.1, -0.05) is 53.5 Å². The highest BCUT2D eigenvalue weighted by Gasteiger charge is 2.21. The summed E-state index contributed by atoms with van der Waals surface area (Å²) in [7, 11) is 0. The van der Waals surface area contributed by atoms with Crippen molar-refractivity contribution in [3.8, 4) is 5.75 Å². The van der Waals surface area contributed by atoms with E-state index >= 15 is 0 Å². The van der Waals surface area contributed by atoms with Gasteiger partial charge in [-0.2, -0.15) is 5.10 Å². The van der Waals surface area contributed by atoms with E-state index in [1.165, 1.54) is 60.0 Å². The molecule has 0 aliphatic rings. The molecular weight excluding hydrogens is 671 g/mol. The molecule has 4 aromatic carbocycles. The first-order chi connectivity index (χ1) is 22.2. The summed E-state index contributed by atoms with van der Waals surface area (Å²) in [6, 6.07) is 24.4. The molecule has 0 atom stereocenters. The molecular formula is C32H18Cl2N4O6S2. The number of para-hydroxylation sites is 1. The lowest BCUT2D eigenvalue weighted by atomic mass is 10.2. The maximum absolute atomic E-state index is 12.9. The van der Waals surface area contributed by atoms with Crippen LogP contribution in [0.1, 0.15) is 35.3 Å². The zero-order chi connectivity index (χ0) is 32.4. The van der Waals surface area contributed by atoms with Crippen LogP contribution in [0.4, 0.5) is 11.4 Å². The van der Waals surface area contributed by atoms with Crippen molar-refractivity contribution in [2.24, 2.45) is 5.10 Å². The fourth-order valence-corrected chi connectivity index (χ4v) is 7.23. The minimum absolute atomic E-state index is 0.100. The number of esters is 1. The van der Waals surface area contributed by atoms with Gasteiger partial charge in [0.25, 0.3) is 17.5 Å². The second-order valence-corrected chi connectivity index (χ2v) is 12.4. The number of amides is 2. The summed E-state index contributed by atoms with van der Waals surface area (Å²) in [6.45, 7) is 0. The second kappa shape index (κ2) is 13.1. The highest BCUT2D eigenvalue weighted by Crippen LogP contribution is 2.38. The molecule has 0 spiro atoms. The molecule has 2 aromatic heterocycles. The number of benzene rings is 4. The lowest BCUT2D eigenvalue weighted by molar-refractivity contribution is -0.384. The number of halogens is 2. The molecule has 228 valence electrons. The number of hydrazone groups is 1. The number of non-ortho nitro benzene ring substituents is 1. The topological polar surface area (TPSA) is 140 Å². The highest BCUT2D eigenvalue weighted by atomic mass is 35.5. The summed E-state index contributed by atoms with van der Waals surface area (Å²) in [5, 5.41) is 19.6. The molecule has 0 saturated heterocycles. The molecule has 0 aliphatic heterocycles. The predicted octanol–water partition coefficient (Wildman–Crippen LogP) is 8.57. The van der Waals surface area contributed by atoms with Crippen molar-refractivity contribution in [3.05, 3.63) is 132 Å². The van der Waals surface area contributed by atoms with Crippen LogP contribution in [0, 0.1) is 10.1 Å². The Labute approximate surface area is 278 Å². The van der Waals surface area contributed by atoms with Crippen LogP contribution in [-0.2, 0) is 0 Å². The SMILES string of the molecule is O=C(N/N=C\c1ccccc1OC(=O)c1sc2ccccc2c1Cl)c1ccc(NC(=O)c2sc3cc([N+](=O)[O-])ccc3c2Cl)cc1. The molecule has 46 heavy (non-hydrogen) atoms. The number of hydrogen-bond donors (Lipinski definition) is 2. The number of thiophene rings is 2. The van der Waals surface area contributed by atoms with E-state index < -0.39 is 22.7 Å². The van der Waals surface area contributed by atoms with E-state index in [0.29, 0.717) is 26.4 Å². The Hall–Kier alpha value is -5.14. The summed E-state index contributed by atoms with van der Waals surface area (Å²) >= 11 is 15.1. The summed E-state index contributed by atoms with van der Waals surface area (Å²) in [4.78, 5) is 49.6. The molecule has 2 heterocycles. The number of anilines is 1. The first-order valence-electron chi connectivity index (χ1n) is 13.3. The van der Waals surface area contributed by atoms with E-state index in [2.05, 4.69) is 15.8 Å². The van der Waals surface area contributed by atoms with Crippen molar-refractivity contribution in [1.29, 1.82) is 0 Å². The number of nitro groups is 1. The summed E-state index contributed by atoms with van der Waals surface area (Å²) in [5.74, 6) is -1.39. The quantitative estimate of drug-likeness (QED) is 0.0540. The number of carbonyl (C=O) groups excluding carboxylic acids is 3. The molecule has 0 unspecified atom stereocenters. The maximum atomic E-state index is 12.9. The van der Waals surface area contributed by atoms with Gasteiger partial charge in [-0.05, 0) is 48.5 Å². The van der Waals surface area contributed by atoms with Gasteiger partial charge in [-0.15, -0.1) is 22.7 Å². The maximum Gasteiger partial charge on any atom is 0.355 e. The van der Waals surface area contributed by atoms with E-state index in [4.69, 9.17) is 27.9 Å². The summed E-state index contributed by atoms with van der Waals surface area (Å²) in [5.41, 5.74) is 3.44. The van der Waals surface area contributed by atoms with Crippen LogP contribution in [0.2, 0.25) is 10.0 Å². The Balaban J connectivity index is 1.09. The van der Waals surface area contributed by atoms with E-state index in [9.17, 15) is 24.5 Å². The smallest absolute Gasteiger partial charge is 0.355 e. The molecule has 0 aliphatic carbocycles. The number of ether oxygens (including phenoxy) is 1. The van der Waals surface area contributed by atoms with Gasteiger partial charge in [0, 0.05) is 49.1 Å². The molecule has 0 bridgehead atoms. The van der Waals surface area contributed by atoms with Crippen LogP contribution in [0.25, 0.3) is 20.2 Å². The minimum Gasteiger partial charge on any atom is -0.422 e. The molecule has 0 fully saturated rings. The van der Waals surface area contributed by atoms with Gasteiger partial charge in [0.1, 0.15) is 15.5 Å². The predicted molar refractivity (Wildman–Crippen MR) is 181 cm³/mol. The number of nitro benzene ring substituents is 1. The van der Waals surface area contributed by atoms with Gasteiger partial charge in [0.15, 0.2) is 0 Å². The number of carbonyl (C=O) groups is 3. The zero-order valence-electron chi connectivity index (χ0n) is 23.2. The third-order valence-corrected chi connectivity index (χ3v) is 9.96. The third kappa shape index (κ3) is 6.32. The largest absolute Gasteiger partial charge is 0.422 e. The number of fused-ring (bicyclic) bond motifs is 2. The fraction of sp³-hybridized carbons (Fsp3) is 0. The molecule has 10 nitrogen and oxygen atoms in total. The normalized spacial score (nSPS) is 11.2. The van der Waals surface area contributed by atoms with Gasteiger partial charge in [-0.25, -0.2) is 10.2 Å². The second-order valence-electron chi connectivity index (χ2n) is 9.58. The average Bonchev–Trinajstić information content (AvgIpc) is 3.58. The molecule has 6 aromatic rings. The van der Waals surface area contributed by atoms with E-state index in [1.807, 2.05) is 24.3 Å². The zero-order valence-corrected chi connectivity index (χ0v) is 26.3. The Bertz CT molecular complexity index is 2210. The van der Waals surface area contributed by atoms with Crippen molar-refractivity contribution < 1.29 is 24.0 Å². The molecule has 6 rings (SSSR count). The van der Waals surface area contributed by atoms with Crippen molar-refractivity contribution in [1.82, 2.24) is 5.43 Å². The number of hydrogen-bond acceptors (Lipinski definition) is 9. The monoisotopic (exact) mass is 688 g/mol. The Morgan fingerprint density at radius 1 is 0.804 bits per heavy atom. The minimum atomic E-state index is -0.609. The van der Waals surface area contributed by atoms with Crippen LogP contribution in [0.15, 0.2) is 96.1 Å².